The molecular weight excluding hydrogens is 351 g/mol. The van der Waals surface area contributed by atoms with Gasteiger partial charge in [0, 0.05) is 32.2 Å². The zero-order valence-corrected chi connectivity index (χ0v) is 13.1. The van der Waals surface area contributed by atoms with Crippen molar-refractivity contribution in [1.29, 1.82) is 0 Å². The van der Waals surface area contributed by atoms with Crippen LogP contribution in [-0.4, -0.2) is 43.6 Å². The van der Waals surface area contributed by atoms with Crippen LogP contribution in [0.5, 0.6) is 5.75 Å². The second-order valence-corrected chi connectivity index (χ2v) is 5.69. The highest BCUT2D eigenvalue weighted by Gasteiger charge is 2.16. The van der Waals surface area contributed by atoms with Crippen LogP contribution in [0.15, 0.2) is 16.6 Å². The molecule has 110 valence electrons. The number of carbonyl (C=O) groups excluding carboxylic acids is 1. The van der Waals surface area contributed by atoms with Crippen LogP contribution in [0.25, 0.3) is 0 Å². The molecule has 1 aromatic rings. The second kappa shape index (κ2) is 7.24. The van der Waals surface area contributed by atoms with Crippen molar-refractivity contribution in [3.63, 3.8) is 0 Å². The molecule has 0 saturated carbocycles. The molecule has 1 aliphatic heterocycles. The molecule has 0 atom stereocenters. The van der Waals surface area contributed by atoms with Gasteiger partial charge in [0.05, 0.1) is 22.5 Å². The quantitative estimate of drug-likeness (QED) is 0.833. The van der Waals surface area contributed by atoms with Crippen molar-refractivity contribution in [2.45, 2.75) is 6.42 Å². The van der Waals surface area contributed by atoms with Crippen LogP contribution in [0.4, 0.5) is 4.39 Å². The van der Waals surface area contributed by atoms with Crippen LogP contribution >= 0.6 is 27.5 Å². The molecule has 0 radical (unpaired) electrons. The van der Waals surface area contributed by atoms with Gasteiger partial charge in [-0.25, -0.2) is 4.39 Å². The molecule has 1 aliphatic rings. The van der Waals surface area contributed by atoms with Crippen LogP contribution in [0.3, 0.4) is 0 Å². The first kappa shape index (κ1) is 15.5. The zero-order chi connectivity index (χ0) is 14.5. The highest BCUT2D eigenvalue weighted by atomic mass is 79.9. The van der Waals surface area contributed by atoms with Crippen LogP contribution in [-0.2, 0) is 4.79 Å². The van der Waals surface area contributed by atoms with Crippen molar-refractivity contribution in [3.05, 3.63) is 27.4 Å². The van der Waals surface area contributed by atoms with E-state index in [1.807, 2.05) is 0 Å². The van der Waals surface area contributed by atoms with Gasteiger partial charge in [0.25, 0.3) is 0 Å². The molecule has 4 nitrogen and oxygen atoms in total. The fourth-order valence-corrected chi connectivity index (χ4v) is 2.69. The third-order valence-corrected chi connectivity index (χ3v) is 3.93. The predicted molar refractivity (Wildman–Crippen MR) is 78.7 cm³/mol. The van der Waals surface area contributed by atoms with E-state index in [9.17, 15) is 9.18 Å². The molecule has 1 saturated heterocycles. The number of ether oxygens (including phenoxy) is 1. The van der Waals surface area contributed by atoms with Gasteiger partial charge in [0.1, 0.15) is 11.6 Å². The Labute approximate surface area is 130 Å². The van der Waals surface area contributed by atoms with Gasteiger partial charge in [-0.2, -0.15) is 0 Å². The van der Waals surface area contributed by atoms with Gasteiger partial charge in [-0.05, 0) is 22.0 Å². The summed E-state index contributed by atoms with van der Waals surface area (Å²) in [7, 11) is 0. The maximum atomic E-state index is 13.3. The summed E-state index contributed by atoms with van der Waals surface area (Å²) in [6.45, 7) is 3.29. The lowest BCUT2D eigenvalue weighted by atomic mass is 10.3. The Balaban J connectivity index is 1.83. The molecule has 0 aliphatic carbocycles. The number of carbonyl (C=O) groups is 1. The molecular formula is C13H15BrClFN2O2. The maximum absolute atomic E-state index is 13.3. The molecule has 0 unspecified atom stereocenters. The summed E-state index contributed by atoms with van der Waals surface area (Å²) in [4.78, 5) is 13.7. The molecule has 1 heterocycles. The number of nitrogens with zero attached hydrogens (tertiary/aromatic N) is 1. The molecule has 1 amide bonds. The van der Waals surface area contributed by atoms with E-state index in [1.165, 1.54) is 12.1 Å². The summed E-state index contributed by atoms with van der Waals surface area (Å²) in [6.07, 6.45) is 0.274. The standard InChI is InChI=1S/C13H15BrClFN2O2/c14-9-7-10(15)11(16)8-12(9)20-6-1-13(19)18-4-2-17-3-5-18/h7-8,17H,1-6H2. The third-order valence-electron chi connectivity index (χ3n) is 3.02. The molecule has 0 bridgehead atoms. The van der Waals surface area contributed by atoms with Crippen molar-refractivity contribution >= 4 is 33.4 Å². The molecule has 20 heavy (non-hydrogen) atoms. The molecule has 7 heteroatoms. The van der Waals surface area contributed by atoms with E-state index < -0.39 is 5.82 Å². The number of hydrogen-bond donors (Lipinski definition) is 1. The van der Waals surface area contributed by atoms with E-state index in [0.717, 1.165) is 26.2 Å². The first-order valence-corrected chi connectivity index (χ1v) is 7.51. The van der Waals surface area contributed by atoms with E-state index in [4.69, 9.17) is 16.3 Å². The minimum absolute atomic E-state index is 0.0288. The van der Waals surface area contributed by atoms with Gasteiger partial charge in [0.2, 0.25) is 5.91 Å². The smallest absolute Gasteiger partial charge is 0.226 e. The first-order chi connectivity index (χ1) is 9.58. The number of amides is 1. The fourth-order valence-electron chi connectivity index (χ4n) is 1.94. The van der Waals surface area contributed by atoms with Gasteiger partial charge in [-0.15, -0.1) is 0 Å². The summed E-state index contributed by atoms with van der Waals surface area (Å²) >= 11 is 8.89. The first-order valence-electron chi connectivity index (χ1n) is 6.34. The Morgan fingerprint density at radius 2 is 2.15 bits per heavy atom. The molecule has 2 rings (SSSR count). The number of hydrogen-bond acceptors (Lipinski definition) is 3. The van der Waals surface area contributed by atoms with Crippen molar-refractivity contribution in [2.24, 2.45) is 0 Å². The largest absolute Gasteiger partial charge is 0.492 e. The van der Waals surface area contributed by atoms with Gasteiger partial charge in [-0.1, -0.05) is 11.6 Å². The van der Waals surface area contributed by atoms with Crippen LogP contribution in [0, 0.1) is 5.82 Å². The third kappa shape index (κ3) is 4.07. The fraction of sp³-hybridized carbons (Fsp3) is 0.462. The predicted octanol–water partition coefficient (Wildman–Crippen LogP) is 2.44. The molecule has 1 aromatic carbocycles. The molecule has 0 spiro atoms. The number of rotatable bonds is 4. The lowest BCUT2D eigenvalue weighted by Crippen LogP contribution is -2.46. The normalized spacial score (nSPS) is 15.2. The van der Waals surface area contributed by atoms with E-state index in [-0.39, 0.29) is 24.0 Å². The molecule has 0 aromatic heterocycles. The lowest BCUT2D eigenvalue weighted by Gasteiger charge is -2.27. The Kier molecular flexibility index (Phi) is 5.63. The van der Waals surface area contributed by atoms with Crippen molar-refractivity contribution < 1.29 is 13.9 Å². The van der Waals surface area contributed by atoms with Gasteiger partial charge < -0.3 is 15.0 Å². The number of piperazine rings is 1. The Morgan fingerprint density at radius 1 is 1.45 bits per heavy atom. The summed E-state index contributed by atoms with van der Waals surface area (Å²) in [5, 5.41) is 3.21. The Bertz CT molecular complexity index is 496. The summed E-state index contributed by atoms with van der Waals surface area (Å²) in [6, 6.07) is 2.64. The topological polar surface area (TPSA) is 41.6 Å². The minimum atomic E-state index is -0.543. The van der Waals surface area contributed by atoms with Gasteiger partial charge in [-0.3, -0.25) is 4.79 Å². The van der Waals surface area contributed by atoms with Crippen molar-refractivity contribution in [2.75, 3.05) is 32.8 Å². The zero-order valence-electron chi connectivity index (χ0n) is 10.8. The molecule has 1 N–H and O–H groups in total. The summed E-state index contributed by atoms with van der Waals surface area (Å²) < 4.78 is 19.3. The number of halogens is 3. The monoisotopic (exact) mass is 364 g/mol. The van der Waals surface area contributed by atoms with E-state index in [0.29, 0.717) is 10.2 Å². The average Bonchev–Trinajstić information content (AvgIpc) is 2.45. The SMILES string of the molecule is O=C(CCOc1cc(F)c(Cl)cc1Br)N1CCNCC1. The highest BCUT2D eigenvalue weighted by Crippen LogP contribution is 2.30. The van der Waals surface area contributed by atoms with Crippen LogP contribution < -0.4 is 10.1 Å². The van der Waals surface area contributed by atoms with E-state index >= 15 is 0 Å². The summed E-state index contributed by atoms with van der Waals surface area (Å²) in [5.41, 5.74) is 0. The Morgan fingerprint density at radius 3 is 2.85 bits per heavy atom. The Hall–Kier alpha value is -0.850. The second-order valence-electron chi connectivity index (χ2n) is 4.43. The number of benzene rings is 1. The summed E-state index contributed by atoms with van der Waals surface area (Å²) in [5.74, 6) is -0.143. The van der Waals surface area contributed by atoms with Crippen molar-refractivity contribution in [3.8, 4) is 5.75 Å². The highest BCUT2D eigenvalue weighted by molar-refractivity contribution is 9.10. The van der Waals surface area contributed by atoms with Gasteiger partial charge >= 0.3 is 0 Å². The number of nitrogens with one attached hydrogen (secondary N) is 1. The molecule has 1 fully saturated rings. The van der Waals surface area contributed by atoms with E-state index in [2.05, 4.69) is 21.2 Å². The average molecular weight is 366 g/mol. The van der Waals surface area contributed by atoms with Crippen LogP contribution in [0.2, 0.25) is 5.02 Å². The maximum Gasteiger partial charge on any atom is 0.226 e. The van der Waals surface area contributed by atoms with Crippen LogP contribution in [0.1, 0.15) is 6.42 Å². The minimum Gasteiger partial charge on any atom is -0.492 e. The lowest BCUT2D eigenvalue weighted by molar-refractivity contribution is -0.132. The van der Waals surface area contributed by atoms with E-state index in [1.54, 1.807) is 4.90 Å². The van der Waals surface area contributed by atoms with Gasteiger partial charge in [0.15, 0.2) is 0 Å². The van der Waals surface area contributed by atoms with Crippen molar-refractivity contribution in [1.82, 2.24) is 10.2 Å².